The summed E-state index contributed by atoms with van der Waals surface area (Å²) in [6.07, 6.45) is 3.86. The van der Waals surface area contributed by atoms with E-state index in [1.165, 1.54) is 12.6 Å². The Morgan fingerprint density at radius 2 is 1.86 bits per heavy atom. The molecule has 9 heteroatoms. The molecule has 150 valence electrons. The number of aromatic nitrogens is 2. The number of anilines is 1. The van der Waals surface area contributed by atoms with Gasteiger partial charge in [0.05, 0.1) is 6.26 Å². The monoisotopic (exact) mass is 386 g/mol. The smallest absolute Gasteiger partial charge is 0.289 e. The molecule has 3 heterocycles. The van der Waals surface area contributed by atoms with Crippen LogP contribution in [0.15, 0.2) is 35.2 Å². The Balaban J connectivity index is 1.52. The normalized spacial score (nSPS) is 14.4. The summed E-state index contributed by atoms with van der Waals surface area (Å²) in [6.45, 7) is 3.60. The van der Waals surface area contributed by atoms with Crippen LogP contribution in [-0.2, 0) is 0 Å². The van der Waals surface area contributed by atoms with Crippen LogP contribution < -0.4 is 5.32 Å². The molecule has 1 fully saturated rings. The number of hydrogen-bond acceptors (Lipinski definition) is 7. The van der Waals surface area contributed by atoms with Crippen LogP contribution in [0, 0.1) is 0 Å². The molecule has 3 rings (SSSR count). The SMILES string of the molecule is CN(C)CCCNc1cc(C(=O)N2CCN(C(=O)c3ccco3)CC2)ncn1. The summed E-state index contributed by atoms with van der Waals surface area (Å²) in [5.41, 5.74) is 0.357. The second-order valence-corrected chi connectivity index (χ2v) is 6.93. The first-order valence-electron chi connectivity index (χ1n) is 9.37. The Bertz CT molecular complexity index is 785. The molecule has 9 nitrogen and oxygen atoms in total. The van der Waals surface area contributed by atoms with Crippen LogP contribution in [0.4, 0.5) is 5.82 Å². The van der Waals surface area contributed by atoms with Gasteiger partial charge in [-0.05, 0) is 39.2 Å². The molecule has 28 heavy (non-hydrogen) atoms. The van der Waals surface area contributed by atoms with Crippen molar-refractivity contribution in [3.8, 4) is 0 Å². The van der Waals surface area contributed by atoms with Crippen LogP contribution in [0.1, 0.15) is 27.5 Å². The van der Waals surface area contributed by atoms with Gasteiger partial charge in [0.15, 0.2) is 5.76 Å². The zero-order valence-electron chi connectivity index (χ0n) is 16.3. The van der Waals surface area contributed by atoms with Crippen LogP contribution in [-0.4, -0.2) is 89.8 Å². The van der Waals surface area contributed by atoms with E-state index in [4.69, 9.17) is 4.42 Å². The summed E-state index contributed by atoms with van der Waals surface area (Å²) in [4.78, 5) is 38.9. The predicted molar refractivity (Wildman–Crippen MR) is 104 cm³/mol. The molecular formula is C19H26N6O3. The van der Waals surface area contributed by atoms with Crippen molar-refractivity contribution < 1.29 is 14.0 Å². The van der Waals surface area contributed by atoms with Gasteiger partial charge in [0, 0.05) is 38.8 Å². The lowest BCUT2D eigenvalue weighted by Crippen LogP contribution is -2.50. The summed E-state index contributed by atoms with van der Waals surface area (Å²) < 4.78 is 5.16. The lowest BCUT2D eigenvalue weighted by molar-refractivity contribution is 0.0515. The molecule has 0 atom stereocenters. The van der Waals surface area contributed by atoms with E-state index < -0.39 is 0 Å². The van der Waals surface area contributed by atoms with Crippen molar-refractivity contribution in [1.82, 2.24) is 24.7 Å². The second kappa shape index (κ2) is 9.32. The summed E-state index contributed by atoms with van der Waals surface area (Å²) in [5.74, 6) is 0.663. The van der Waals surface area contributed by atoms with Crippen LogP contribution in [0.25, 0.3) is 0 Å². The van der Waals surface area contributed by atoms with Crippen molar-refractivity contribution in [2.24, 2.45) is 0 Å². The largest absolute Gasteiger partial charge is 0.459 e. The minimum Gasteiger partial charge on any atom is -0.459 e. The summed E-state index contributed by atoms with van der Waals surface area (Å²) >= 11 is 0. The highest BCUT2D eigenvalue weighted by Gasteiger charge is 2.27. The van der Waals surface area contributed by atoms with Crippen molar-refractivity contribution in [1.29, 1.82) is 0 Å². The van der Waals surface area contributed by atoms with E-state index in [2.05, 4.69) is 20.2 Å². The van der Waals surface area contributed by atoms with E-state index >= 15 is 0 Å². The quantitative estimate of drug-likeness (QED) is 0.710. The summed E-state index contributed by atoms with van der Waals surface area (Å²) in [5, 5.41) is 3.22. The fraction of sp³-hybridized carbons (Fsp3) is 0.474. The highest BCUT2D eigenvalue weighted by molar-refractivity contribution is 5.94. The van der Waals surface area contributed by atoms with Gasteiger partial charge in [0.25, 0.3) is 11.8 Å². The van der Waals surface area contributed by atoms with Crippen molar-refractivity contribution in [2.75, 3.05) is 58.7 Å². The molecule has 0 spiro atoms. The maximum absolute atomic E-state index is 12.8. The molecular weight excluding hydrogens is 360 g/mol. The lowest BCUT2D eigenvalue weighted by Gasteiger charge is -2.34. The molecule has 1 aliphatic rings. The van der Waals surface area contributed by atoms with Crippen LogP contribution in [0.2, 0.25) is 0 Å². The fourth-order valence-electron chi connectivity index (χ4n) is 3.01. The van der Waals surface area contributed by atoms with Crippen molar-refractivity contribution in [3.63, 3.8) is 0 Å². The minimum atomic E-state index is -0.150. The number of piperazine rings is 1. The average molecular weight is 386 g/mol. The summed E-state index contributed by atoms with van der Waals surface area (Å²) in [6, 6.07) is 5.01. The van der Waals surface area contributed by atoms with Gasteiger partial charge < -0.3 is 24.4 Å². The Kier molecular flexibility index (Phi) is 6.59. The highest BCUT2D eigenvalue weighted by atomic mass is 16.3. The van der Waals surface area contributed by atoms with Crippen molar-refractivity contribution in [3.05, 3.63) is 42.2 Å². The van der Waals surface area contributed by atoms with Gasteiger partial charge in [-0.1, -0.05) is 0 Å². The van der Waals surface area contributed by atoms with Gasteiger partial charge in [-0.3, -0.25) is 9.59 Å². The van der Waals surface area contributed by atoms with Gasteiger partial charge >= 0.3 is 0 Å². The van der Waals surface area contributed by atoms with E-state index in [-0.39, 0.29) is 11.8 Å². The molecule has 0 saturated carbocycles. The van der Waals surface area contributed by atoms with Gasteiger partial charge in [0.1, 0.15) is 17.8 Å². The number of amides is 2. The molecule has 0 radical (unpaired) electrons. The molecule has 0 bridgehead atoms. The third-order valence-electron chi connectivity index (χ3n) is 4.56. The van der Waals surface area contributed by atoms with E-state index in [1.807, 2.05) is 14.1 Å². The molecule has 0 aliphatic carbocycles. The number of nitrogens with zero attached hydrogens (tertiary/aromatic N) is 5. The zero-order valence-corrected chi connectivity index (χ0v) is 16.3. The molecule has 0 aromatic carbocycles. The standard InChI is InChI=1S/C19H26N6O3/c1-23(2)7-4-6-20-17-13-15(21-14-22-17)18(26)24-8-10-25(11-9-24)19(27)16-5-3-12-28-16/h3,5,12-14H,4,6-11H2,1-2H3,(H,20,21,22). The average Bonchev–Trinajstić information content (AvgIpc) is 3.25. The number of hydrogen-bond donors (Lipinski definition) is 1. The Labute approximate surface area is 164 Å². The molecule has 2 aromatic rings. The third kappa shape index (κ3) is 5.07. The van der Waals surface area contributed by atoms with E-state index in [0.29, 0.717) is 43.5 Å². The first-order valence-corrected chi connectivity index (χ1v) is 9.37. The number of nitrogens with one attached hydrogen (secondary N) is 1. The van der Waals surface area contributed by atoms with Gasteiger partial charge in [-0.15, -0.1) is 0 Å². The first kappa shape index (κ1) is 19.8. The number of rotatable bonds is 7. The highest BCUT2D eigenvalue weighted by Crippen LogP contribution is 2.12. The van der Waals surface area contributed by atoms with E-state index in [9.17, 15) is 9.59 Å². The molecule has 1 aliphatic heterocycles. The molecule has 0 unspecified atom stereocenters. The molecule has 2 aromatic heterocycles. The maximum atomic E-state index is 12.8. The molecule has 1 saturated heterocycles. The Morgan fingerprint density at radius 3 is 2.50 bits per heavy atom. The molecule has 2 amide bonds. The van der Waals surface area contributed by atoms with Crippen LogP contribution >= 0.6 is 0 Å². The molecule has 1 N–H and O–H groups in total. The lowest BCUT2D eigenvalue weighted by atomic mass is 10.2. The van der Waals surface area contributed by atoms with Crippen LogP contribution in [0.5, 0.6) is 0 Å². The third-order valence-corrected chi connectivity index (χ3v) is 4.56. The Hall–Kier alpha value is -2.94. The fourth-order valence-corrected chi connectivity index (χ4v) is 3.01. The van der Waals surface area contributed by atoms with Gasteiger partial charge in [0.2, 0.25) is 0 Å². The predicted octanol–water partition coefficient (Wildman–Crippen LogP) is 1.03. The maximum Gasteiger partial charge on any atom is 0.289 e. The first-order chi connectivity index (χ1) is 13.5. The minimum absolute atomic E-state index is 0.149. The van der Waals surface area contributed by atoms with E-state index in [1.54, 1.807) is 28.0 Å². The number of carbonyl (C=O) groups excluding carboxylic acids is 2. The topological polar surface area (TPSA) is 94.8 Å². The number of furan rings is 1. The summed E-state index contributed by atoms with van der Waals surface area (Å²) in [7, 11) is 4.06. The van der Waals surface area contributed by atoms with Gasteiger partial charge in [-0.2, -0.15) is 0 Å². The second-order valence-electron chi connectivity index (χ2n) is 6.93. The van der Waals surface area contributed by atoms with Crippen molar-refractivity contribution >= 4 is 17.6 Å². The zero-order chi connectivity index (χ0) is 19.9. The van der Waals surface area contributed by atoms with Crippen molar-refractivity contribution in [2.45, 2.75) is 6.42 Å². The van der Waals surface area contributed by atoms with E-state index in [0.717, 1.165) is 19.5 Å². The Morgan fingerprint density at radius 1 is 1.14 bits per heavy atom. The van der Waals surface area contributed by atoms with Crippen LogP contribution in [0.3, 0.4) is 0 Å². The number of carbonyl (C=O) groups is 2. The van der Waals surface area contributed by atoms with Gasteiger partial charge in [-0.25, -0.2) is 9.97 Å².